The van der Waals surface area contributed by atoms with Gasteiger partial charge in [0, 0.05) is 19.7 Å². The van der Waals surface area contributed by atoms with Crippen molar-refractivity contribution in [2.75, 3.05) is 26.8 Å². The Balaban J connectivity index is 2.06. The zero-order chi connectivity index (χ0) is 15.2. The molecule has 1 aromatic rings. The normalized spacial score (nSPS) is 18.1. The highest BCUT2D eigenvalue weighted by molar-refractivity contribution is 7.80. The molecule has 1 unspecified atom stereocenters. The summed E-state index contributed by atoms with van der Waals surface area (Å²) in [6, 6.07) is 6.03. The van der Waals surface area contributed by atoms with Crippen LogP contribution in [-0.4, -0.2) is 42.8 Å². The van der Waals surface area contributed by atoms with Gasteiger partial charge in [-0.25, -0.2) is 0 Å². The molecule has 0 spiro atoms. The second-order valence-electron chi connectivity index (χ2n) is 5.36. The summed E-state index contributed by atoms with van der Waals surface area (Å²) >= 11 is 5.10. The van der Waals surface area contributed by atoms with Gasteiger partial charge >= 0.3 is 0 Å². The third-order valence-corrected chi connectivity index (χ3v) is 4.09. The summed E-state index contributed by atoms with van der Waals surface area (Å²) in [5.41, 5.74) is 7.77. The van der Waals surface area contributed by atoms with Gasteiger partial charge in [0.25, 0.3) is 0 Å². The molecule has 0 aromatic heterocycles. The number of hydrogen-bond acceptors (Lipinski definition) is 4. The molecule has 1 fully saturated rings. The number of ether oxygens (including phenoxy) is 2. The maximum absolute atomic E-state index is 5.77. The third kappa shape index (κ3) is 4.40. The van der Waals surface area contributed by atoms with E-state index in [0.717, 1.165) is 44.0 Å². The Bertz CT molecular complexity index is 487. The van der Waals surface area contributed by atoms with Crippen LogP contribution in [0.4, 0.5) is 0 Å². The lowest BCUT2D eigenvalue weighted by Crippen LogP contribution is -2.31. The van der Waals surface area contributed by atoms with Crippen LogP contribution in [0.2, 0.25) is 0 Å². The van der Waals surface area contributed by atoms with Gasteiger partial charge in [-0.2, -0.15) is 0 Å². The van der Waals surface area contributed by atoms with Crippen LogP contribution in [-0.2, 0) is 11.3 Å². The first kappa shape index (κ1) is 16.2. The fourth-order valence-corrected chi connectivity index (χ4v) is 2.85. The van der Waals surface area contributed by atoms with Gasteiger partial charge in [-0.05, 0) is 37.1 Å². The first-order valence-corrected chi connectivity index (χ1v) is 7.85. The van der Waals surface area contributed by atoms with Gasteiger partial charge in [-0.3, -0.25) is 4.90 Å². The van der Waals surface area contributed by atoms with Crippen LogP contribution in [0.25, 0.3) is 0 Å². The van der Waals surface area contributed by atoms with Crippen molar-refractivity contribution in [3.8, 4) is 5.75 Å². The number of benzene rings is 1. The predicted octanol–water partition coefficient (Wildman–Crippen LogP) is 2.33. The van der Waals surface area contributed by atoms with Crippen LogP contribution >= 0.6 is 12.2 Å². The minimum atomic E-state index is 0.371. The maximum atomic E-state index is 5.77. The summed E-state index contributed by atoms with van der Waals surface area (Å²) in [6.07, 6.45) is 2.71. The number of nitrogens with zero attached hydrogens (tertiary/aromatic N) is 1. The van der Waals surface area contributed by atoms with E-state index in [1.807, 2.05) is 12.1 Å². The lowest BCUT2D eigenvalue weighted by atomic mass is 10.1. The molecular formula is C16H24N2O2S. The Hall–Kier alpha value is -1.17. The average molecular weight is 308 g/mol. The van der Waals surface area contributed by atoms with Gasteiger partial charge in [0.1, 0.15) is 10.7 Å². The molecule has 1 heterocycles. The number of likely N-dealkylation sites (N-methyl/N-ethyl adjacent to an activating group) is 1. The zero-order valence-electron chi connectivity index (χ0n) is 12.8. The lowest BCUT2D eigenvalue weighted by molar-refractivity contribution is 0.0725. The molecule has 0 saturated carbocycles. The second kappa shape index (κ2) is 7.73. The van der Waals surface area contributed by atoms with Crippen LogP contribution < -0.4 is 10.5 Å². The van der Waals surface area contributed by atoms with E-state index in [4.69, 9.17) is 27.4 Å². The summed E-state index contributed by atoms with van der Waals surface area (Å²) in [7, 11) is 1.63. The molecular weight excluding hydrogens is 284 g/mol. The topological polar surface area (TPSA) is 47.7 Å². The fraction of sp³-hybridized carbons (Fsp3) is 0.562. The van der Waals surface area contributed by atoms with Crippen molar-refractivity contribution in [3.63, 3.8) is 0 Å². The number of thiocarbonyl (C=S) groups is 1. The highest BCUT2D eigenvalue weighted by Crippen LogP contribution is 2.21. The van der Waals surface area contributed by atoms with E-state index in [-0.39, 0.29) is 0 Å². The van der Waals surface area contributed by atoms with E-state index in [9.17, 15) is 0 Å². The van der Waals surface area contributed by atoms with Crippen molar-refractivity contribution in [1.29, 1.82) is 0 Å². The number of hydrogen-bond donors (Lipinski definition) is 1. The Morgan fingerprint density at radius 2 is 2.33 bits per heavy atom. The minimum Gasteiger partial charge on any atom is -0.496 e. The van der Waals surface area contributed by atoms with Crippen molar-refractivity contribution in [2.24, 2.45) is 5.73 Å². The summed E-state index contributed by atoms with van der Waals surface area (Å²) < 4.78 is 11.0. The molecule has 2 rings (SSSR count). The zero-order valence-corrected chi connectivity index (χ0v) is 13.6. The molecule has 1 aliphatic heterocycles. The van der Waals surface area contributed by atoms with Gasteiger partial charge in [0.15, 0.2) is 0 Å². The van der Waals surface area contributed by atoms with Crippen molar-refractivity contribution >= 4 is 17.2 Å². The molecule has 0 amide bonds. The Kier molecular flexibility index (Phi) is 5.96. The first-order valence-electron chi connectivity index (χ1n) is 7.44. The monoisotopic (exact) mass is 308 g/mol. The molecule has 1 saturated heterocycles. The summed E-state index contributed by atoms with van der Waals surface area (Å²) in [5.74, 6) is 0.730. The Morgan fingerprint density at radius 1 is 1.52 bits per heavy atom. The molecule has 0 bridgehead atoms. The van der Waals surface area contributed by atoms with E-state index >= 15 is 0 Å². The lowest BCUT2D eigenvalue weighted by Gasteiger charge is -2.24. The minimum absolute atomic E-state index is 0.371. The largest absolute Gasteiger partial charge is 0.496 e. The highest BCUT2D eigenvalue weighted by atomic mass is 32.1. The van der Waals surface area contributed by atoms with Gasteiger partial charge in [0.05, 0.1) is 18.8 Å². The predicted molar refractivity (Wildman–Crippen MR) is 88.8 cm³/mol. The Labute approximate surface area is 132 Å². The summed E-state index contributed by atoms with van der Waals surface area (Å²) in [4.78, 5) is 2.76. The molecule has 0 aliphatic carbocycles. The van der Waals surface area contributed by atoms with Crippen LogP contribution in [0.5, 0.6) is 5.75 Å². The standard InChI is InChI=1S/C16H24N2O2S/c1-3-18(11-13-5-4-8-20-13)10-12-6-7-15(19-2)14(9-12)16(17)21/h6-7,9,13H,3-5,8,10-11H2,1-2H3,(H2,17,21). The van der Waals surface area contributed by atoms with E-state index in [0.29, 0.717) is 11.1 Å². The highest BCUT2D eigenvalue weighted by Gasteiger charge is 2.19. The number of rotatable bonds is 7. The second-order valence-corrected chi connectivity index (χ2v) is 5.80. The van der Waals surface area contributed by atoms with Crippen molar-refractivity contribution in [1.82, 2.24) is 4.90 Å². The van der Waals surface area contributed by atoms with Gasteiger partial charge in [0.2, 0.25) is 0 Å². The van der Waals surface area contributed by atoms with Crippen molar-refractivity contribution in [2.45, 2.75) is 32.4 Å². The van der Waals surface area contributed by atoms with Crippen molar-refractivity contribution in [3.05, 3.63) is 29.3 Å². The summed E-state index contributed by atoms with van der Waals surface area (Å²) in [5, 5.41) is 0. The maximum Gasteiger partial charge on any atom is 0.129 e. The van der Waals surface area contributed by atoms with Crippen LogP contribution in [0.3, 0.4) is 0 Å². The van der Waals surface area contributed by atoms with Crippen molar-refractivity contribution < 1.29 is 9.47 Å². The smallest absolute Gasteiger partial charge is 0.129 e. The number of nitrogens with two attached hydrogens (primary N) is 1. The third-order valence-electron chi connectivity index (χ3n) is 3.87. The molecule has 1 aromatic carbocycles. The SMILES string of the molecule is CCN(Cc1ccc(OC)c(C(N)=S)c1)CC1CCCO1. The van der Waals surface area contributed by atoms with Gasteiger partial charge in [-0.1, -0.05) is 25.2 Å². The molecule has 5 heteroatoms. The Morgan fingerprint density at radius 3 is 2.90 bits per heavy atom. The van der Waals surface area contributed by atoms with Crippen LogP contribution in [0.15, 0.2) is 18.2 Å². The molecule has 116 valence electrons. The fourth-order valence-electron chi connectivity index (χ4n) is 2.69. The van der Waals surface area contributed by atoms with Crippen LogP contribution in [0, 0.1) is 0 Å². The van der Waals surface area contributed by atoms with E-state index in [1.54, 1.807) is 7.11 Å². The van der Waals surface area contributed by atoms with Gasteiger partial charge < -0.3 is 15.2 Å². The van der Waals surface area contributed by atoms with E-state index in [2.05, 4.69) is 17.9 Å². The molecule has 1 aliphatic rings. The molecule has 2 N–H and O–H groups in total. The molecule has 4 nitrogen and oxygen atoms in total. The molecule has 0 radical (unpaired) electrons. The van der Waals surface area contributed by atoms with Gasteiger partial charge in [-0.15, -0.1) is 0 Å². The van der Waals surface area contributed by atoms with E-state index in [1.165, 1.54) is 12.0 Å². The molecule has 21 heavy (non-hydrogen) atoms. The average Bonchev–Trinajstić information content (AvgIpc) is 2.99. The summed E-state index contributed by atoms with van der Waals surface area (Å²) in [6.45, 7) is 5.92. The van der Waals surface area contributed by atoms with Crippen LogP contribution in [0.1, 0.15) is 30.9 Å². The van der Waals surface area contributed by atoms with E-state index < -0.39 is 0 Å². The molecule has 1 atom stereocenters. The number of methoxy groups -OCH3 is 1. The first-order chi connectivity index (χ1) is 10.1. The quantitative estimate of drug-likeness (QED) is 0.783.